The minimum Gasteiger partial charge on any atom is -0.394 e. The highest BCUT2D eigenvalue weighted by Gasteiger charge is 2.36. The predicted octanol–water partition coefficient (Wildman–Crippen LogP) is 0.704. The molecule has 8 heteroatoms. The third kappa shape index (κ3) is 2.39. The van der Waals surface area contributed by atoms with E-state index >= 15 is 0 Å². The van der Waals surface area contributed by atoms with Crippen LogP contribution in [0.1, 0.15) is 17.4 Å². The molecule has 0 aromatic carbocycles. The second-order valence-electron chi connectivity index (χ2n) is 4.29. The zero-order valence-electron chi connectivity index (χ0n) is 10.0. The van der Waals surface area contributed by atoms with Gasteiger partial charge in [-0.1, -0.05) is 0 Å². The monoisotopic (exact) mass is 270 g/mol. The molecule has 0 spiro atoms. The molecule has 3 N–H and O–H groups in total. The smallest absolute Gasteiger partial charge is 0.271 e. The maximum absolute atomic E-state index is 12.8. The fraction of sp³-hybridized carbons (Fsp3) is 0.364. The highest BCUT2D eigenvalue weighted by atomic mass is 19.3. The Labute approximate surface area is 106 Å². The van der Waals surface area contributed by atoms with Crippen LogP contribution in [0.2, 0.25) is 0 Å². The number of rotatable bonds is 4. The number of hydrogen-bond donors (Lipinski definition) is 3. The third-order valence-corrected chi connectivity index (χ3v) is 2.78. The average molecular weight is 270 g/mol. The summed E-state index contributed by atoms with van der Waals surface area (Å²) in [5.41, 5.74) is -1.60. The zero-order chi connectivity index (χ0) is 14.0. The normalized spacial score (nSPS) is 14.6. The summed E-state index contributed by atoms with van der Waals surface area (Å²) >= 11 is 0. The first kappa shape index (κ1) is 13.3. The van der Waals surface area contributed by atoms with E-state index in [0.717, 1.165) is 13.3 Å². The molecule has 0 radical (unpaired) electrons. The lowest BCUT2D eigenvalue weighted by molar-refractivity contribution is 0.00609. The number of aromatic nitrogens is 3. The number of aliphatic hydroxyl groups is 1. The second kappa shape index (κ2) is 4.88. The summed E-state index contributed by atoms with van der Waals surface area (Å²) in [4.78, 5) is 22.4. The lowest BCUT2D eigenvalue weighted by Crippen LogP contribution is -2.54. The van der Waals surface area contributed by atoms with Crippen LogP contribution in [-0.4, -0.2) is 44.5 Å². The maximum Gasteiger partial charge on any atom is 0.271 e. The third-order valence-electron chi connectivity index (χ3n) is 2.78. The summed E-state index contributed by atoms with van der Waals surface area (Å²) < 4.78 is 25.6. The van der Waals surface area contributed by atoms with Crippen molar-refractivity contribution in [1.82, 2.24) is 20.3 Å². The first-order chi connectivity index (χ1) is 8.98. The number of nitrogens with one attached hydrogen (secondary N) is 2. The van der Waals surface area contributed by atoms with E-state index in [4.69, 9.17) is 5.11 Å². The predicted molar refractivity (Wildman–Crippen MR) is 62.8 cm³/mol. The lowest BCUT2D eigenvalue weighted by Gasteiger charge is -2.27. The van der Waals surface area contributed by atoms with Crippen LogP contribution in [0.5, 0.6) is 0 Å². The van der Waals surface area contributed by atoms with Gasteiger partial charge in [0.15, 0.2) is 0 Å². The van der Waals surface area contributed by atoms with Crippen molar-refractivity contribution in [3.8, 4) is 0 Å². The first-order valence-corrected chi connectivity index (χ1v) is 5.47. The Morgan fingerprint density at radius 1 is 1.58 bits per heavy atom. The number of halogens is 2. The molecule has 0 bridgehead atoms. The molecule has 2 aromatic heterocycles. The van der Waals surface area contributed by atoms with Crippen LogP contribution >= 0.6 is 0 Å². The number of fused-ring (bicyclic) bond motifs is 1. The van der Waals surface area contributed by atoms with Crippen LogP contribution < -0.4 is 5.32 Å². The summed E-state index contributed by atoms with van der Waals surface area (Å²) in [6.07, 6.45) is -0.175. The van der Waals surface area contributed by atoms with E-state index in [0.29, 0.717) is 11.0 Å². The van der Waals surface area contributed by atoms with Crippen molar-refractivity contribution in [2.75, 3.05) is 6.61 Å². The van der Waals surface area contributed by atoms with E-state index in [-0.39, 0.29) is 5.69 Å². The molecular weight excluding hydrogens is 258 g/mol. The number of aliphatic hydroxyl groups excluding tert-OH is 1. The van der Waals surface area contributed by atoms with Gasteiger partial charge in [-0.3, -0.25) is 4.79 Å². The van der Waals surface area contributed by atoms with Crippen molar-refractivity contribution in [2.24, 2.45) is 0 Å². The Morgan fingerprint density at radius 3 is 2.95 bits per heavy atom. The second-order valence-corrected chi connectivity index (χ2v) is 4.29. The molecule has 1 atom stereocenters. The minimum atomic E-state index is -2.90. The van der Waals surface area contributed by atoms with Crippen molar-refractivity contribution < 1.29 is 18.7 Å². The molecule has 0 aliphatic rings. The molecule has 1 unspecified atom stereocenters. The zero-order valence-corrected chi connectivity index (χ0v) is 10.0. The number of nitrogens with zero attached hydrogens (tertiary/aromatic N) is 2. The molecule has 0 saturated carbocycles. The minimum absolute atomic E-state index is 0.0217. The van der Waals surface area contributed by atoms with Gasteiger partial charge in [0.2, 0.25) is 0 Å². The number of aromatic amines is 1. The topological polar surface area (TPSA) is 90.9 Å². The molecule has 0 saturated heterocycles. The summed E-state index contributed by atoms with van der Waals surface area (Å²) in [7, 11) is 0. The van der Waals surface area contributed by atoms with E-state index in [1.165, 1.54) is 0 Å². The number of H-pyrrole nitrogens is 1. The number of amides is 1. The van der Waals surface area contributed by atoms with Crippen molar-refractivity contribution in [3.63, 3.8) is 0 Å². The van der Waals surface area contributed by atoms with E-state index in [1.54, 1.807) is 12.3 Å². The van der Waals surface area contributed by atoms with Crippen LogP contribution in [0, 0.1) is 0 Å². The summed E-state index contributed by atoms with van der Waals surface area (Å²) in [6, 6.07) is 1.57. The summed E-state index contributed by atoms with van der Waals surface area (Å²) in [5, 5.41) is 11.5. The first-order valence-electron chi connectivity index (χ1n) is 5.47. The highest BCUT2D eigenvalue weighted by molar-refractivity contribution is 6.03. The SMILES string of the molecule is CC(CO)(NC(=O)c1ncnc2[nH]ccc12)C(F)F. The van der Waals surface area contributed by atoms with Gasteiger partial charge in [0.25, 0.3) is 12.3 Å². The van der Waals surface area contributed by atoms with E-state index in [2.05, 4.69) is 20.3 Å². The fourth-order valence-electron chi connectivity index (χ4n) is 1.53. The van der Waals surface area contributed by atoms with Gasteiger partial charge in [-0.15, -0.1) is 0 Å². The molecule has 2 rings (SSSR count). The standard InChI is InChI=1S/C11H12F2N4O2/c1-11(4-18,10(12)13)17-9(19)7-6-2-3-14-8(6)16-5-15-7/h2-3,5,10,18H,4H2,1H3,(H,17,19)(H,14,15,16). The average Bonchev–Trinajstić information content (AvgIpc) is 2.86. The van der Waals surface area contributed by atoms with Gasteiger partial charge in [0.05, 0.1) is 12.0 Å². The fourth-order valence-corrected chi connectivity index (χ4v) is 1.53. The molecule has 2 heterocycles. The molecule has 0 aliphatic heterocycles. The summed E-state index contributed by atoms with van der Waals surface area (Å²) in [5.74, 6) is -0.788. The van der Waals surface area contributed by atoms with Crippen LogP contribution in [0.25, 0.3) is 11.0 Å². The van der Waals surface area contributed by atoms with Crippen LogP contribution in [0.15, 0.2) is 18.6 Å². The summed E-state index contributed by atoms with van der Waals surface area (Å²) in [6.45, 7) is 0.183. The molecule has 0 aliphatic carbocycles. The van der Waals surface area contributed by atoms with E-state index < -0.39 is 24.5 Å². The van der Waals surface area contributed by atoms with Crippen molar-refractivity contribution in [3.05, 3.63) is 24.3 Å². The Kier molecular flexibility index (Phi) is 3.43. The van der Waals surface area contributed by atoms with Crippen LogP contribution in [-0.2, 0) is 0 Å². The molecule has 2 aromatic rings. The highest BCUT2D eigenvalue weighted by Crippen LogP contribution is 2.17. The molecule has 0 fully saturated rings. The van der Waals surface area contributed by atoms with Gasteiger partial charge in [0.1, 0.15) is 23.2 Å². The van der Waals surface area contributed by atoms with E-state index in [9.17, 15) is 13.6 Å². The van der Waals surface area contributed by atoms with Gasteiger partial charge < -0.3 is 15.4 Å². The van der Waals surface area contributed by atoms with Crippen LogP contribution in [0.3, 0.4) is 0 Å². The van der Waals surface area contributed by atoms with Gasteiger partial charge in [-0.25, -0.2) is 18.7 Å². The Bertz CT molecular complexity index is 601. The molecule has 102 valence electrons. The Morgan fingerprint density at radius 2 is 2.32 bits per heavy atom. The quantitative estimate of drug-likeness (QED) is 0.763. The van der Waals surface area contributed by atoms with Crippen molar-refractivity contribution in [1.29, 1.82) is 0 Å². The number of carbonyl (C=O) groups excluding carboxylic acids is 1. The Balaban J connectivity index is 2.32. The molecule has 6 nitrogen and oxygen atoms in total. The van der Waals surface area contributed by atoms with Crippen molar-refractivity contribution in [2.45, 2.75) is 18.9 Å². The Hall–Kier alpha value is -2.09. The molecule has 19 heavy (non-hydrogen) atoms. The van der Waals surface area contributed by atoms with E-state index in [1.807, 2.05) is 0 Å². The molecular formula is C11H12F2N4O2. The lowest BCUT2D eigenvalue weighted by atomic mass is 10.0. The van der Waals surface area contributed by atoms with Crippen molar-refractivity contribution >= 4 is 16.9 Å². The number of carbonyl (C=O) groups is 1. The van der Waals surface area contributed by atoms with Gasteiger partial charge in [-0.2, -0.15) is 0 Å². The molecule has 1 amide bonds. The van der Waals surface area contributed by atoms with Crippen LogP contribution in [0.4, 0.5) is 8.78 Å². The number of hydrogen-bond acceptors (Lipinski definition) is 4. The maximum atomic E-state index is 12.8. The van der Waals surface area contributed by atoms with Gasteiger partial charge >= 0.3 is 0 Å². The number of alkyl halides is 2. The van der Waals surface area contributed by atoms with Gasteiger partial charge in [0, 0.05) is 6.20 Å². The largest absolute Gasteiger partial charge is 0.394 e. The van der Waals surface area contributed by atoms with Gasteiger partial charge in [-0.05, 0) is 13.0 Å².